The minimum absolute atomic E-state index is 0.784. The van der Waals surface area contributed by atoms with Crippen molar-refractivity contribution in [2.45, 2.75) is 27.2 Å². The van der Waals surface area contributed by atoms with Gasteiger partial charge in [0.2, 0.25) is 0 Å². The number of allylic oxidation sites excluding steroid dienone is 1. The topological polar surface area (TPSA) is 18.5 Å². The third-order valence-corrected chi connectivity index (χ3v) is 2.80. The molecule has 0 unspecified atom stereocenters. The van der Waals surface area contributed by atoms with Crippen molar-refractivity contribution < 1.29 is 9.47 Å². The van der Waals surface area contributed by atoms with Crippen LogP contribution in [-0.4, -0.2) is 14.2 Å². The molecule has 0 N–H and O–H groups in total. The Labute approximate surface area is 97.9 Å². The summed E-state index contributed by atoms with van der Waals surface area (Å²) in [5.41, 5.74) is 3.67. The fourth-order valence-electron chi connectivity index (χ4n) is 1.62. The van der Waals surface area contributed by atoms with Crippen LogP contribution in [0.25, 0.3) is 6.08 Å². The van der Waals surface area contributed by atoms with E-state index in [4.69, 9.17) is 9.47 Å². The normalized spacial score (nSPS) is 11.4. The molecule has 0 aliphatic heterocycles. The molecule has 2 nitrogen and oxygen atoms in total. The quantitative estimate of drug-likeness (QED) is 0.767. The molecule has 0 spiro atoms. The number of benzene rings is 1. The molecule has 0 fully saturated rings. The van der Waals surface area contributed by atoms with Gasteiger partial charge in [-0.2, -0.15) is 0 Å². The first-order chi connectivity index (χ1) is 7.63. The molecule has 0 atom stereocenters. The van der Waals surface area contributed by atoms with Crippen molar-refractivity contribution in [3.63, 3.8) is 0 Å². The van der Waals surface area contributed by atoms with Crippen molar-refractivity contribution in [3.8, 4) is 11.5 Å². The Kier molecular flexibility index (Phi) is 4.41. The first-order valence-electron chi connectivity index (χ1n) is 5.52. The fraction of sp³-hybridized carbons (Fsp3) is 0.429. The van der Waals surface area contributed by atoms with Gasteiger partial charge in [-0.25, -0.2) is 0 Å². The summed E-state index contributed by atoms with van der Waals surface area (Å²) in [6.07, 6.45) is 3.26. The SMILES string of the molecule is CC/C(C)=C\c1ccc(OC)c(OC)c1C. The number of methoxy groups -OCH3 is 2. The van der Waals surface area contributed by atoms with E-state index in [2.05, 4.69) is 32.9 Å². The molecule has 0 amide bonds. The number of hydrogen-bond donors (Lipinski definition) is 0. The van der Waals surface area contributed by atoms with Gasteiger partial charge >= 0.3 is 0 Å². The Morgan fingerprint density at radius 2 is 1.94 bits per heavy atom. The van der Waals surface area contributed by atoms with Crippen LogP contribution in [0.5, 0.6) is 11.5 Å². The van der Waals surface area contributed by atoms with Gasteiger partial charge in [-0.1, -0.05) is 24.6 Å². The molecular weight excluding hydrogens is 200 g/mol. The highest BCUT2D eigenvalue weighted by Gasteiger charge is 2.09. The van der Waals surface area contributed by atoms with Crippen LogP contribution >= 0.6 is 0 Å². The summed E-state index contributed by atoms with van der Waals surface area (Å²) in [5, 5.41) is 0. The highest BCUT2D eigenvalue weighted by atomic mass is 16.5. The summed E-state index contributed by atoms with van der Waals surface area (Å²) in [5.74, 6) is 1.60. The summed E-state index contributed by atoms with van der Waals surface area (Å²) < 4.78 is 10.6. The van der Waals surface area contributed by atoms with Crippen LogP contribution in [0.3, 0.4) is 0 Å². The van der Waals surface area contributed by atoms with E-state index in [1.54, 1.807) is 14.2 Å². The van der Waals surface area contributed by atoms with Crippen molar-refractivity contribution >= 4 is 6.08 Å². The predicted molar refractivity (Wildman–Crippen MR) is 68.2 cm³/mol. The van der Waals surface area contributed by atoms with E-state index < -0.39 is 0 Å². The minimum atomic E-state index is 0.784. The molecule has 0 aliphatic carbocycles. The molecule has 2 heteroatoms. The van der Waals surface area contributed by atoms with Crippen molar-refractivity contribution in [2.75, 3.05) is 14.2 Å². The molecule has 1 aromatic rings. The van der Waals surface area contributed by atoms with Gasteiger partial charge < -0.3 is 9.47 Å². The second-order valence-electron chi connectivity index (χ2n) is 3.86. The number of rotatable bonds is 4. The van der Waals surface area contributed by atoms with Gasteiger partial charge in [0.15, 0.2) is 11.5 Å². The van der Waals surface area contributed by atoms with Crippen LogP contribution in [0.1, 0.15) is 31.4 Å². The lowest BCUT2D eigenvalue weighted by atomic mass is 10.0. The Balaban J connectivity index is 3.24. The Morgan fingerprint density at radius 1 is 1.25 bits per heavy atom. The lowest BCUT2D eigenvalue weighted by molar-refractivity contribution is 0.353. The summed E-state index contributed by atoms with van der Waals surface area (Å²) in [7, 11) is 3.33. The van der Waals surface area contributed by atoms with Crippen molar-refractivity contribution in [1.29, 1.82) is 0 Å². The summed E-state index contributed by atoms with van der Waals surface area (Å²) in [6.45, 7) is 6.34. The number of hydrogen-bond acceptors (Lipinski definition) is 2. The van der Waals surface area contributed by atoms with Crippen LogP contribution in [0.2, 0.25) is 0 Å². The summed E-state index contributed by atoms with van der Waals surface area (Å²) in [4.78, 5) is 0. The third-order valence-electron chi connectivity index (χ3n) is 2.80. The smallest absolute Gasteiger partial charge is 0.164 e. The predicted octanol–water partition coefficient (Wildman–Crippen LogP) is 3.83. The average molecular weight is 220 g/mol. The molecule has 1 aromatic carbocycles. The van der Waals surface area contributed by atoms with Gasteiger partial charge in [0, 0.05) is 5.56 Å². The second-order valence-corrected chi connectivity index (χ2v) is 3.86. The van der Waals surface area contributed by atoms with Crippen molar-refractivity contribution in [3.05, 3.63) is 28.8 Å². The van der Waals surface area contributed by atoms with Gasteiger partial charge in [0.1, 0.15) is 0 Å². The minimum Gasteiger partial charge on any atom is -0.493 e. The van der Waals surface area contributed by atoms with Gasteiger partial charge in [-0.3, -0.25) is 0 Å². The third kappa shape index (κ3) is 2.57. The maximum Gasteiger partial charge on any atom is 0.164 e. The molecule has 0 heterocycles. The van der Waals surface area contributed by atoms with Crippen LogP contribution in [0.15, 0.2) is 17.7 Å². The fourth-order valence-corrected chi connectivity index (χ4v) is 1.62. The number of ether oxygens (including phenoxy) is 2. The zero-order chi connectivity index (χ0) is 12.1. The summed E-state index contributed by atoms with van der Waals surface area (Å²) in [6, 6.07) is 4.01. The highest BCUT2D eigenvalue weighted by Crippen LogP contribution is 2.33. The highest BCUT2D eigenvalue weighted by molar-refractivity contribution is 5.63. The van der Waals surface area contributed by atoms with E-state index in [0.717, 1.165) is 23.5 Å². The standard InChI is InChI=1S/C14H20O2/c1-6-10(2)9-12-7-8-13(15-4)14(16-5)11(12)3/h7-9H,6H2,1-5H3/b10-9-. The van der Waals surface area contributed by atoms with Crippen LogP contribution < -0.4 is 9.47 Å². The van der Waals surface area contributed by atoms with E-state index in [1.807, 2.05) is 6.07 Å². The Bertz CT molecular complexity index is 392. The van der Waals surface area contributed by atoms with E-state index in [-0.39, 0.29) is 0 Å². The maximum atomic E-state index is 5.37. The molecule has 88 valence electrons. The van der Waals surface area contributed by atoms with Crippen LogP contribution in [0, 0.1) is 6.92 Å². The maximum absolute atomic E-state index is 5.37. The lowest BCUT2D eigenvalue weighted by Crippen LogP contribution is -1.95. The van der Waals surface area contributed by atoms with E-state index in [1.165, 1.54) is 11.1 Å². The molecule has 0 aliphatic rings. The van der Waals surface area contributed by atoms with Gasteiger partial charge in [-0.15, -0.1) is 0 Å². The van der Waals surface area contributed by atoms with Crippen molar-refractivity contribution in [1.82, 2.24) is 0 Å². The monoisotopic (exact) mass is 220 g/mol. The molecule has 16 heavy (non-hydrogen) atoms. The Morgan fingerprint density at radius 3 is 2.44 bits per heavy atom. The molecule has 0 aromatic heterocycles. The average Bonchev–Trinajstić information content (AvgIpc) is 2.31. The Hall–Kier alpha value is -1.44. The van der Waals surface area contributed by atoms with E-state index in [9.17, 15) is 0 Å². The largest absolute Gasteiger partial charge is 0.493 e. The van der Waals surface area contributed by atoms with Gasteiger partial charge in [0.05, 0.1) is 14.2 Å². The second kappa shape index (κ2) is 5.59. The molecule has 0 saturated heterocycles. The molecular formula is C14H20O2. The molecule has 0 bridgehead atoms. The molecule has 0 saturated carbocycles. The molecule has 1 rings (SSSR count). The van der Waals surface area contributed by atoms with E-state index >= 15 is 0 Å². The first-order valence-corrected chi connectivity index (χ1v) is 5.52. The van der Waals surface area contributed by atoms with E-state index in [0.29, 0.717) is 0 Å². The molecule has 0 radical (unpaired) electrons. The zero-order valence-electron chi connectivity index (χ0n) is 10.8. The first kappa shape index (κ1) is 12.6. The lowest BCUT2D eigenvalue weighted by Gasteiger charge is -2.12. The summed E-state index contributed by atoms with van der Waals surface area (Å²) >= 11 is 0. The van der Waals surface area contributed by atoms with Gasteiger partial charge in [0.25, 0.3) is 0 Å². The zero-order valence-corrected chi connectivity index (χ0v) is 10.8. The van der Waals surface area contributed by atoms with Crippen LogP contribution in [-0.2, 0) is 0 Å². The van der Waals surface area contributed by atoms with Crippen molar-refractivity contribution in [2.24, 2.45) is 0 Å². The van der Waals surface area contributed by atoms with Crippen LogP contribution in [0.4, 0.5) is 0 Å². The van der Waals surface area contributed by atoms with Gasteiger partial charge in [-0.05, 0) is 31.9 Å².